The van der Waals surface area contributed by atoms with Gasteiger partial charge in [-0.1, -0.05) is 6.07 Å². The van der Waals surface area contributed by atoms with E-state index in [0.29, 0.717) is 36.7 Å². The number of nitriles is 1. The number of nitrogens with one attached hydrogen (secondary N) is 1. The van der Waals surface area contributed by atoms with Crippen molar-refractivity contribution in [3.8, 4) is 6.07 Å². The van der Waals surface area contributed by atoms with Gasteiger partial charge >= 0.3 is 0 Å². The minimum absolute atomic E-state index is 0.0284. The monoisotopic (exact) mass is 328 g/mol. The second-order valence-electron chi connectivity index (χ2n) is 6.46. The van der Waals surface area contributed by atoms with E-state index in [9.17, 15) is 9.59 Å². The molecule has 2 amide bonds. The van der Waals surface area contributed by atoms with Gasteiger partial charge in [-0.2, -0.15) is 5.26 Å². The van der Waals surface area contributed by atoms with Crippen LogP contribution in [-0.2, 0) is 4.79 Å². The Morgan fingerprint density at radius 3 is 2.79 bits per heavy atom. The fraction of sp³-hybridized carbons (Fsp3) is 0.500. The molecular formula is C18H24N4O2. The third kappa shape index (κ3) is 4.33. The largest absolute Gasteiger partial charge is 0.356 e. The Balaban J connectivity index is 2.09. The number of benzene rings is 1. The zero-order valence-electron chi connectivity index (χ0n) is 14.5. The number of likely N-dealkylation sites (N-methyl/N-ethyl adjacent to an activating group) is 1. The van der Waals surface area contributed by atoms with Crippen molar-refractivity contribution in [3.05, 3.63) is 35.4 Å². The highest BCUT2D eigenvalue weighted by molar-refractivity contribution is 5.94. The third-order valence-corrected chi connectivity index (χ3v) is 4.52. The first kappa shape index (κ1) is 18.0. The van der Waals surface area contributed by atoms with E-state index in [1.165, 1.54) is 6.92 Å². The van der Waals surface area contributed by atoms with Gasteiger partial charge in [-0.05, 0) is 44.6 Å². The number of likely N-dealkylation sites (tertiary alicyclic amines) is 1. The number of rotatable bonds is 4. The fourth-order valence-electron chi connectivity index (χ4n) is 3.17. The smallest absolute Gasteiger partial charge is 0.253 e. The van der Waals surface area contributed by atoms with Crippen molar-refractivity contribution in [3.63, 3.8) is 0 Å². The fourth-order valence-corrected chi connectivity index (χ4v) is 3.17. The predicted molar refractivity (Wildman–Crippen MR) is 91.3 cm³/mol. The second kappa shape index (κ2) is 7.93. The van der Waals surface area contributed by atoms with Crippen LogP contribution in [0.1, 0.15) is 29.3 Å². The summed E-state index contributed by atoms with van der Waals surface area (Å²) in [6, 6.07) is 9.07. The van der Waals surface area contributed by atoms with E-state index in [4.69, 9.17) is 5.26 Å². The molecule has 0 saturated carbocycles. The molecule has 0 spiro atoms. The van der Waals surface area contributed by atoms with Gasteiger partial charge in [0.1, 0.15) is 0 Å². The van der Waals surface area contributed by atoms with Crippen LogP contribution in [0.4, 0.5) is 0 Å². The molecule has 1 saturated heterocycles. The summed E-state index contributed by atoms with van der Waals surface area (Å²) in [6.07, 6.45) is 0.840. The van der Waals surface area contributed by atoms with Crippen LogP contribution in [0.25, 0.3) is 0 Å². The van der Waals surface area contributed by atoms with Crippen LogP contribution >= 0.6 is 0 Å². The van der Waals surface area contributed by atoms with Crippen molar-refractivity contribution in [2.45, 2.75) is 19.4 Å². The standard InChI is InChI=1S/C18H24N4O2/c1-13(23)20-11-16-7-8-22(12-17(16)21(2)3)18(24)15-6-4-5-14(9-15)10-19/h4-6,9,16-17H,7-8,11-12H2,1-3H3,(H,20,23)/t16-,17-/m1/s1. The molecule has 2 rings (SSSR count). The molecule has 0 unspecified atom stereocenters. The van der Waals surface area contributed by atoms with Crippen LogP contribution in [0.3, 0.4) is 0 Å². The summed E-state index contributed by atoms with van der Waals surface area (Å²) in [6.45, 7) is 3.42. The molecule has 1 aromatic carbocycles. The Morgan fingerprint density at radius 2 is 2.17 bits per heavy atom. The second-order valence-corrected chi connectivity index (χ2v) is 6.46. The van der Waals surface area contributed by atoms with Crippen LogP contribution in [0.5, 0.6) is 0 Å². The topological polar surface area (TPSA) is 76.4 Å². The molecule has 0 aliphatic carbocycles. The zero-order chi connectivity index (χ0) is 17.7. The number of nitrogens with zero attached hydrogens (tertiary/aromatic N) is 3. The zero-order valence-corrected chi connectivity index (χ0v) is 14.5. The lowest BCUT2D eigenvalue weighted by Gasteiger charge is -2.41. The van der Waals surface area contributed by atoms with E-state index in [1.807, 2.05) is 19.0 Å². The van der Waals surface area contributed by atoms with Crippen molar-refractivity contribution >= 4 is 11.8 Å². The van der Waals surface area contributed by atoms with Crippen LogP contribution in [0.15, 0.2) is 24.3 Å². The van der Waals surface area contributed by atoms with E-state index in [2.05, 4.69) is 16.3 Å². The average Bonchev–Trinajstić information content (AvgIpc) is 2.59. The van der Waals surface area contributed by atoms with Crippen molar-refractivity contribution in [2.24, 2.45) is 5.92 Å². The predicted octanol–water partition coefficient (Wildman–Crippen LogP) is 1.09. The summed E-state index contributed by atoms with van der Waals surface area (Å²) in [5.74, 6) is 0.245. The molecule has 128 valence electrons. The molecule has 0 radical (unpaired) electrons. The quantitative estimate of drug-likeness (QED) is 0.897. The lowest BCUT2D eigenvalue weighted by molar-refractivity contribution is -0.119. The van der Waals surface area contributed by atoms with E-state index >= 15 is 0 Å². The van der Waals surface area contributed by atoms with Crippen molar-refractivity contribution in [1.29, 1.82) is 5.26 Å². The molecule has 6 nitrogen and oxygen atoms in total. The molecule has 0 bridgehead atoms. The van der Waals surface area contributed by atoms with E-state index < -0.39 is 0 Å². The Hall–Kier alpha value is -2.39. The molecule has 1 fully saturated rings. The van der Waals surface area contributed by atoms with E-state index in [-0.39, 0.29) is 17.9 Å². The highest BCUT2D eigenvalue weighted by Crippen LogP contribution is 2.22. The molecule has 1 aromatic rings. The molecule has 0 aromatic heterocycles. The van der Waals surface area contributed by atoms with E-state index in [0.717, 1.165) is 6.42 Å². The molecule has 6 heteroatoms. The van der Waals surface area contributed by atoms with Crippen LogP contribution in [-0.4, -0.2) is 61.4 Å². The number of carbonyl (C=O) groups is 2. The van der Waals surface area contributed by atoms with Gasteiger partial charge < -0.3 is 15.1 Å². The minimum atomic E-state index is -0.0445. The summed E-state index contributed by atoms with van der Waals surface area (Å²) in [4.78, 5) is 27.8. The normalized spacial score (nSPS) is 20.5. The average molecular weight is 328 g/mol. The summed E-state index contributed by atoms with van der Waals surface area (Å²) >= 11 is 0. The molecule has 1 heterocycles. The molecule has 1 aliphatic rings. The molecule has 24 heavy (non-hydrogen) atoms. The van der Waals surface area contributed by atoms with Crippen molar-refractivity contribution in [2.75, 3.05) is 33.7 Å². The first-order valence-corrected chi connectivity index (χ1v) is 8.12. The van der Waals surface area contributed by atoms with Crippen LogP contribution in [0, 0.1) is 17.2 Å². The lowest BCUT2D eigenvalue weighted by Crippen LogP contribution is -2.54. The van der Waals surface area contributed by atoms with Gasteiger partial charge in [-0.15, -0.1) is 0 Å². The number of amides is 2. The van der Waals surface area contributed by atoms with Gasteiger partial charge in [0.25, 0.3) is 5.91 Å². The molecule has 2 atom stereocenters. The Labute approximate surface area is 143 Å². The maximum atomic E-state index is 12.7. The van der Waals surface area contributed by atoms with Gasteiger partial charge in [0, 0.05) is 38.2 Å². The Bertz CT molecular complexity index is 651. The first-order chi connectivity index (χ1) is 11.4. The van der Waals surface area contributed by atoms with Crippen LogP contribution in [0.2, 0.25) is 0 Å². The van der Waals surface area contributed by atoms with Crippen molar-refractivity contribution in [1.82, 2.24) is 15.1 Å². The highest BCUT2D eigenvalue weighted by atomic mass is 16.2. The summed E-state index contributed by atoms with van der Waals surface area (Å²) in [5, 5.41) is 11.9. The van der Waals surface area contributed by atoms with Gasteiger partial charge in [-0.25, -0.2) is 0 Å². The summed E-state index contributed by atoms with van der Waals surface area (Å²) in [7, 11) is 3.99. The van der Waals surface area contributed by atoms with Gasteiger partial charge in [0.2, 0.25) is 5.91 Å². The number of hydrogen-bond donors (Lipinski definition) is 1. The Kier molecular flexibility index (Phi) is 5.93. The lowest BCUT2D eigenvalue weighted by atomic mass is 9.90. The molecular weight excluding hydrogens is 304 g/mol. The highest BCUT2D eigenvalue weighted by Gasteiger charge is 2.33. The summed E-state index contributed by atoms with van der Waals surface area (Å²) < 4.78 is 0. The number of hydrogen-bond acceptors (Lipinski definition) is 4. The van der Waals surface area contributed by atoms with Gasteiger partial charge in [0.05, 0.1) is 11.6 Å². The van der Waals surface area contributed by atoms with Gasteiger partial charge in [0.15, 0.2) is 0 Å². The maximum Gasteiger partial charge on any atom is 0.253 e. The minimum Gasteiger partial charge on any atom is -0.356 e. The molecule has 1 N–H and O–H groups in total. The third-order valence-electron chi connectivity index (χ3n) is 4.52. The van der Waals surface area contributed by atoms with Gasteiger partial charge in [-0.3, -0.25) is 9.59 Å². The maximum absolute atomic E-state index is 12.7. The molecule has 1 aliphatic heterocycles. The number of carbonyl (C=O) groups excluding carboxylic acids is 2. The van der Waals surface area contributed by atoms with Crippen molar-refractivity contribution < 1.29 is 9.59 Å². The first-order valence-electron chi connectivity index (χ1n) is 8.12. The van der Waals surface area contributed by atoms with Crippen LogP contribution < -0.4 is 5.32 Å². The SMILES string of the molecule is CC(=O)NC[C@H]1CCN(C(=O)c2cccc(C#N)c2)C[C@H]1N(C)C. The van der Waals surface area contributed by atoms with E-state index in [1.54, 1.807) is 24.3 Å². The summed E-state index contributed by atoms with van der Waals surface area (Å²) in [5.41, 5.74) is 1.04. The number of piperidine rings is 1. The Morgan fingerprint density at radius 1 is 1.42 bits per heavy atom.